The second-order valence-corrected chi connectivity index (χ2v) is 10.0. The quantitative estimate of drug-likeness (QED) is 0.211. The van der Waals surface area contributed by atoms with Crippen LogP contribution in [0.2, 0.25) is 0 Å². The Balaban J connectivity index is 1.66. The number of carbonyl (C=O) groups is 3. The molecule has 5 rings (SSSR count). The second-order valence-electron chi connectivity index (χ2n) is 9.03. The first-order chi connectivity index (χ1) is 18.2. The smallest absolute Gasteiger partial charge is 0.350 e. The van der Waals surface area contributed by atoms with Gasteiger partial charge in [0.15, 0.2) is 5.13 Å². The number of hydrogen-bond acceptors (Lipinski definition) is 9. The second kappa shape index (κ2) is 9.94. The number of aliphatic hydroxyl groups is 1. The standard InChI is InChI=1S/C28H26N2O7S/c1-5-36-27(34)25-15(3)29-28(38-25)30-22(16-6-9-19(35-4)10-7-16)21(24(32)26(30)33)23(31)17-8-11-20-18(13-17)12-14(2)37-20/h6-11,13-14,22,31H,5,12H2,1-4H3/b23-21-. The maximum Gasteiger partial charge on any atom is 0.350 e. The van der Waals surface area contributed by atoms with Crippen molar-refractivity contribution in [2.45, 2.75) is 39.3 Å². The highest BCUT2D eigenvalue weighted by atomic mass is 32.1. The number of esters is 1. The third-order valence-electron chi connectivity index (χ3n) is 6.50. The lowest BCUT2D eigenvalue weighted by Crippen LogP contribution is -2.29. The Labute approximate surface area is 223 Å². The zero-order chi connectivity index (χ0) is 27.1. The number of nitrogens with zero attached hydrogens (tertiary/aromatic N) is 2. The van der Waals surface area contributed by atoms with Crippen molar-refractivity contribution in [1.29, 1.82) is 0 Å². The molecule has 196 valence electrons. The highest BCUT2D eigenvalue weighted by molar-refractivity contribution is 7.17. The molecule has 3 heterocycles. The Morgan fingerprint density at radius 1 is 1.21 bits per heavy atom. The van der Waals surface area contributed by atoms with Crippen LogP contribution < -0.4 is 14.4 Å². The van der Waals surface area contributed by atoms with Gasteiger partial charge >= 0.3 is 11.9 Å². The van der Waals surface area contributed by atoms with Gasteiger partial charge in [-0.2, -0.15) is 0 Å². The first-order valence-corrected chi connectivity index (χ1v) is 12.9. The van der Waals surface area contributed by atoms with Gasteiger partial charge in [-0.1, -0.05) is 23.5 Å². The maximum absolute atomic E-state index is 13.5. The molecule has 38 heavy (non-hydrogen) atoms. The molecule has 3 aromatic rings. The first kappa shape index (κ1) is 25.5. The minimum Gasteiger partial charge on any atom is -0.507 e. The number of aliphatic hydroxyl groups excluding tert-OH is 1. The molecule has 0 saturated carbocycles. The number of carbonyl (C=O) groups excluding carboxylic acids is 3. The van der Waals surface area contributed by atoms with E-state index >= 15 is 0 Å². The molecule has 0 spiro atoms. The van der Waals surface area contributed by atoms with Crippen LogP contribution in [0.5, 0.6) is 11.5 Å². The lowest BCUT2D eigenvalue weighted by Gasteiger charge is -2.23. The molecule has 1 N–H and O–H groups in total. The molecule has 2 unspecified atom stereocenters. The van der Waals surface area contributed by atoms with E-state index in [1.54, 1.807) is 56.3 Å². The topological polar surface area (TPSA) is 115 Å². The largest absolute Gasteiger partial charge is 0.507 e. The molecular formula is C28H26N2O7S. The molecular weight excluding hydrogens is 508 g/mol. The van der Waals surface area contributed by atoms with Crippen LogP contribution in [-0.4, -0.2) is 47.6 Å². The molecule has 0 radical (unpaired) electrons. The Morgan fingerprint density at radius 3 is 2.63 bits per heavy atom. The zero-order valence-electron chi connectivity index (χ0n) is 21.3. The number of ether oxygens (including phenoxy) is 3. The number of Topliss-reactive ketones (excluding diaryl/α,β-unsaturated/α-hetero) is 1. The molecule has 9 nitrogen and oxygen atoms in total. The molecule has 10 heteroatoms. The summed E-state index contributed by atoms with van der Waals surface area (Å²) in [6, 6.07) is 11.1. The first-order valence-electron chi connectivity index (χ1n) is 12.1. The number of anilines is 1. The van der Waals surface area contributed by atoms with Crippen LogP contribution in [0.4, 0.5) is 5.13 Å². The van der Waals surface area contributed by atoms with Crippen LogP contribution in [0, 0.1) is 6.92 Å². The molecule has 1 amide bonds. The summed E-state index contributed by atoms with van der Waals surface area (Å²) in [7, 11) is 1.54. The van der Waals surface area contributed by atoms with Crippen LogP contribution in [-0.2, 0) is 20.7 Å². The molecule has 2 aliphatic rings. The van der Waals surface area contributed by atoms with Gasteiger partial charge in [0.1, 0.15) is 28.2 Å². The van der Waals surface area contributed by atoms with Gasteiger partial charge in [0.05, 0.1) is 31.0 Å². The highest BCUT2D eigenvalue weighted by Crippen LogP contribution is 2.44. The van der Waals surface area contributed by atoms with Gasteiger partial charge in [-0.05, 0) is 62.2 Å². The van der Waals surface area contributed by atoms with Crippen molar-refractivity contribution in [3.05, 3.63) is 75.3 Å². The Hall–Kier alpha value is -4.18. The maximum atomic E-state index is 13.5. The van der Waals surface area contributed by atoms with Crippen LogP contribution in [0.25, 0.3) is 5.76 Å². The van der Waals surface area contributed by atoms with Gasteiger partial charge in [-0.25, -0.2) is 9.78 Å². The normalized spacial score (nSPS) is 19.8. The summed E-state index contributed by atoms with van der Waals surface area (Å²) in [6.45, 7) is 5.48. The van der Waals surface area contributed by atoms with E-state index in [-0.39, 0.29) is 34.1 Å². The van der Waals surface area contributed by atoms with Crippen molar-refractivity contribution >= 4 is 39.9 Å². The summed E-state index contributed by atoms with van der Waals surface area (Å²) in [5, 5.41) is 11.6. The molecule has 0 bridgehead atoms. The molecule has 2 aromatic carbocycles. The minimum absolute atomic E-state index is 0.00834. The fourth-order valence-electron chi connectivity index (χ4n) is 4.73. The molecule has 1 fully saturated rings. The van der Waals surface area contributed by atoms with Gasteiger partial charge in [0, 0.05) is 12.0 Å². The van der Waals surface area contributed by atoms with E-state index in [1.807, 2.05) is 6.92 Å². The number of thiazole rings is 1. The van der Waals surface area contributed by atoms with Crippen LogP contribution >= 0.6 is 11.3 Å². The number of aromatic nitrogens is 1. The predicted octanol–water partition coefficient (Wildman–Crippen LogP) is 4.59. The Kier molecular flexibility index (Phi) is 6.66. The molecule has 1 aromatic heterocycles. The van der Waals surface area contributed by atoms with Crippen molar-refractivity contribution < 1.29 is 33.7 Å². The molecule has 0 aliphatic carbocycles. The van der Waals surface area contributed by atoms with E-state index in [2.05, 4.69) is 4.98 Å². The van der Waals surface area contributed by atoms with Crippen LogP contribution in [0.3, 0.4) is 0 Å². The van der Waals surface area contributed by atoms with E-state index in [4.69, 9.17) is 14.2 Å². The Morgan fingerprint density at radius 2 is 1.95 bits per heavy atom. The summed E-state index contributed by atoms with van der Waals surface area (Å²) >= 11 is 0.965. The minimum atomic E-state index is -0.982. The lowest BCUT2D eigenvalue weighted by atomic mass is 9.94. The van der Waals surface area contributed by atoms with Gasteiger partial charge in [0.2, 0.25) is 0 Å². The number of hydrogen-bond donors (Lipinski definition) is 1. The number of methoxy groups -OCH3 is 1. The van der Waals surface area contributed by atoms with Crippen LogP contribution in [0.15, 0.2) is 48.0 Å². The van der Waals surface area contributed by atoms with Crippen molar-refractivity contribution in [2.75, 3.05) is 18.6 Å². The van der Waals surface area contributed by atoms with Gasteiger partial charge in [0.25, 0.3) is 5.78 Å². The van der Waals surface area contributed by atoms with Crippen molar-refractivity contribution in [1.82, 2.24) is 4.98 Å². The molecule has 1 saturated heterocycles. The highest BCUT2D eigenvalue weighted by Gasteiger charge is 2.48. The van der Waals surface area contributed by atoms with E-state index in [0.29, 0.717) is 29.0 Å². The van der Waals surface area contributed by atoms with Gasteiger partial charge in [-0.15, -0.1) is 0 Å². The predicted molar refractivity (Wildman–Crippen MR) is 141 cm³/mol. The number of amides is 1. The molecule has 2 aliphatic heterocycles. The van der Waals surface area contributed by atoms with E-state index in [0.717, 1.165) is 22.6 Å². The number of fused-ring (bicyclic) bond motifs is 1. The lowest BCUT2D eigenvalue weighted by molar-refractivity contribution is -0.132. The van der Waals surface area contributed by atoms with Crippen LogP contribution in [0.1, 0.15) is 51.9 Å². The summed E-state index contributed by atoms with van der Waals surface area (Å²) in [6.07, 6.45) is 0.677. The third kappa shape index (κ3) is 4.30. The van der Waals surface area contributed by atoms with Gasteiger partial charge < -0.3 is 19.3 Å². The monoisotopic (exact) mass is 534 g/mol. The number of ketones is 1. The number of aryl methyl sites for hydroxylation is 1. The van der Waals surface area contributed by atoms with E-state index in [9.17, 15) is 19.5 Å². The number of rotatable bonds is 6. The van der Waals surface area contributed by atoms with Crippen molar-refractivity contribution in [2.24, 2.45) is 0 Å². The van der Waals surface area contributed by atoms with E-state index < -0.39 is 23.7 Å². The van der Waals surface area contributed by atoms with Crippen molar-refractivity contribution in [3.63, 3.8) is 0 Å². The van der Waals surface area contributed by atoms with E-state index in [1.165, 1.54) is 12.0 Å². The fraction of sp³-hybridized carbons (Fsp3) is 0.286. The summed E-state index contributed by atoms with van der Waals surface area (Å²) < 4.78 is 16.1. The number of benzene rings is 2. The zero-order valence-corrected chi connectivity index (χ0v) is 22.1. The average Bonchev–Trinajstić information content (AvgIpc) is 3.55. The summed E-state index contributed by atoms with van der Waals surface area (Å²) in [4.78, 5) is 45.2. The summed E-state index contributed by atoms with van der Waals surface area (Å²) in [5.41, 5.74) is 2.19. The third-order valence-corrected chi connectivity index (χ3v) is 7.63. The van der Waals surface area contributed by atoms with Crippen molar-refractivity contribution in [3.8, 4) is 11.5 Å². The fourth-order valence-corrected chi connectivity index (χ4v) is 5.71. The van der Waals surface area contributed by atoms with Gasteiger partial charge in [-0.3, -0.25) is 14.5 Å². The summed E-state index contributed by atoms with van der Waals surface area (Å²) in [5.74, 6) is -1.23. The Bertz CT molecular complexity index is 1470. The SMILES string of the molecule is CCOC(=O)c1sc(N2C(=O)C(=O)/C(=C(\O)c3ccc4c(c3)CC(C)O4)C2c2ccc(OC)cc2)nc1C. The molecule has 2 atom stereocenters. The average molecular weight is 535 g/mol.